The lowest BCUT2D eigenvalue weighted by molar-refractivity contribution is -0.123. The van der Waals surface area contributed by atoms with E-state index in [1.165, 1.54) is 13.3 Å². The molecule has 0 aliphatic heterocycles. The molecule has 4 rings (SSSR count). The first-order valence-electron chi connectivity index (χ1n) is 13.3. The molecule has 0 saturated heterocycles. The third-order valence-corrected chi connectivity index (χ3v) is 5.98. The molecule has 0 aliphatic carbocycles. The van der Waals surface area contributed by atoms with Crippen molar-refractivity contribution in [3.8, 4) is 34.1 Å². The van der Waals surface area contributed by atoms with Crippen molar-refractivity contribution in [2.45, 2.75) is 19.8 Å². The average molecular weight is 553 g/mol. The van der Waals surface area contributed by atoms with Crippen molar-refractivity contribution in [2.24, 2.45) is 5.10 Å². The molecule has 8 nitrogen and oxygen atoms in total. The van der Waals surface area contributed by atoms with Gasteiger partial charge in [-0.3, -0.25) is 4.79 Å². The van der Waals surface area contributed by atoms with Crippen molar-refractivity contribution >= 4 is 18.1 Å². The first-order valence-corrected chi connectivity index (χ1v) is 13.3. The summed E-state index contributed by atoms with van der Waals surface area (Å²) in [6.07, 6.45) is 3.47. The van der Waals surface area contributed by atoms with Crippen LogP contribution < -0.4 is 24.4 Å². The van der Waals surface area contributed by atoms with Crippen LogP contribution in [0.1, 0.15) is 35.7 Å². The van der Waals surface area contributed by atoms with E-state index in [1.807, 2.05) is 54.6 Å². The summed E-state index contributed by atoms with van der Waals surface area (Å²) in [6, 6.07) is 29.2. The number of hydrogen-bond acceptors (Lipinski definition) is 7. The first-order chi connectivity index (χ1) is 20.1. The zero-order valence-corrected chi connectivity index (χ0v) is 23.0. The number of nitrogens with zero attached hydrogens (tertiary/aromatic N) is 1. The fraction of sp³-hybridized carbons (Fsp3) is 0.182. The van der Waals surface area contributed by atoms with Crippen molar-refractivity contribution in [1.82, 2.24) is 5.43 Å². The first kappa shape index (κ1) is 28.9. The van der Waals surface area contributed by atoms with Gasteiger partial charge in [-0.05, 0) is 77.7 Å². The van der Waals surface area contributed by atoms with Gasteiger partial charge in [-0.2, -0.15) is 5.10 Å². The molecule has 4 aromatic carbocycles. The van der Waals surface area contributed by atoms with Crippen LogP contribution in [0.15, 0.2) is 102 Å². The molecule has 4 aromatic rings. The Balaban J connectivity index is 1.26. The Morgan fingerprint density at radius 3 is 2.20 bits per heavy atom. The van der Waals surface area contributed by atoms with Crippen LogP contribution in [0.4, 0.5) is 0 Å². The van der Waals surface area contributed by atoms with E-state index in [2.05, 4.69) is 17.5 Å². The molecule has 210 valence electrons. The second-order valence-electron chi connectivity index (χ2n) is 9.00. The third-order valence-electron chi connectivity index (χ3n) is 5.98. The van der Waals surface area contributed by atoms with Crippen molar-refractivity contribution in [1.29, 1.82) is 0 Å². The number of hydrazone groups is 1. The Hall–Kier alpha value is -5.11. The average Bonchev–Trinajstić information content (AvgIpc) is 3.02. The second-order valence-corrected chi connectivity index (χ2v) is 9.00. The minimum absolute atomic E-state index is 0.188. The van der Waals surface area contributed by atoms with Crippen molar-refractivity contribution in [2.75, 3.05) is 20.3 Å². The Bertz CT molecular complexity index is 1450. The summed E-state index contributed by atoms with van der Waals surface area (Å²) >= 11 is 0. The standard InChI is InChI=1S/C33H32N2O6/c1-3-4-20-39-28-17-13-27(14-18-28)33(37)41-30-19-10-24(21-31(30)38-2)22-34-35-32(36)23-40-29-15-11-26(12-16-29)25-8-6-5-7-9-25/h5-19,21-22H,3-4,20,23H2,1-2H3,(H,35,36). The van der Waals surface area contributed by atoms with Gasteiger partial charge in [0.1, 0.15) is 11.5 Å². The van der Waals surface area contributed by atoms with E-state index in [9.17, 15) is 9.59 Å². The van der Waals surface area contributed by atoms with Crippen LogP contribution >= 0.6 is 0 Å². The summed E-state index contributed by atoms with van der Waals surface area (Å²) in [5.41, 5.74) is 5.62. The van der Waals surface area contributed by atoms with Gasteiger partial charge < -0.3 is 18.9 Å². The second kappa shape index (κ2) is 14.9. The Morgan fingerprint density at radius 2 is 1.49 bits per heavy atom. The molecule has 0 unspecified atom stereocenters. The summed E-state index contributed by atoms with van der Waals surface area (Å²) in [5.74, 6) is 0.950. The molecule has 0 radical (unpaired) electrons. The highest BCUT2D eigenvalue weighted by molar-refractivity contribution is 5.92. The smallest absolute Gasteiger partial charge is 0.343 e. The lowest BCUT2D eigenvalue weighted by atomic mass is 10.1. The van der Waals surface area contributed by atoms with Crippen LogP contribution in [0.25, 0.3) is 11.1 Å². The highest BCUT2D eigenvalue weighted by Crippen LogP contribution is 2.29. The van der Waals surface area contributed by atoms with E-state index in [1.54, 1.807) is 42.5 Å². The van der Waals surface area contributed by atoms with Gasteiger partial charge in [-0.15, -0.1) is 0 Å². The van der Waals surface area contributed by atoms with E-state index in [4.69, 9.17) is 18.9 Å². The van der Waals surface area contributed by atoms with Crippen LogP contribution in [0.5, 0.6) is 23.0 Å². The molecule has 41 heavy (non-hydrogen) atoms. The monoisotopic (exact) mass is 552 g/mol. The zero-order valence-electron chi connectivity index (χ0n) is 23.0. The SMILES string of the molecule is CCCCOc1ccc(C(=O)Oc2ccc(C=NNC(=O)COc3ccc(-c4ccccc4)cc3)cc2OC)cc1. The number of nitrogens with one attached hydrogen (secondary N) is 1. The largest absolute Gasteiger partial charge is 0.494 e. The number of rotatable bonds is 13. The predicted molar refractivity (Wildman–Crippen MR) is 158 cm³/mol. The molecular formula is C33H32N2O6. The molecule has 0 spiro atoms. The van der Waals surface area contributed by atoms with Crippen LogP contribution in [0.2, 0.25) is 0 Å². The number of esters is 1. The molecule has 0 aliphatic rings. The van der Waals surface area contributed by atoms with Gasteiger partial charge in [0.05, 0.1) is 25.5 Å². The van der Waals surface area contributed by atoms with Gasteiger partial charge in [0.2, 0.25) is 0 Å². The summed E-state index contributed by atoms with van der Waals surface area (Å²) in [4.78, 5) is 24.8. The van der Waals surface area contributed by atoms with Crippen molar-refractivity contribution < 1.29 is 28.5 Å². The normalized spacial score (nSPS) is 10.7. The third kappa shape index (κ3) is 8.69. The fourth-order valence-electron chi connectivity index (χ4n) is 3.76. The summed E-state index contributed by atoms with van der Waals surface area (Å²) < 4.78 is 22.1. The summed E-state index contributed by atoms with van der Waals surface area (Å²) in [6.45, 7) is 2.54. The Kier molecular flexibility index (Phi) is 10.5. The molecule has 8 heteroatoms. The maximum Gasteiger partial charge on any atom is 0.343 e. The Morgan fingerprint density at radius 1 is 0.805 bits per heavy atom. The highest BCUT2D eigenvalue weighted by atomic mass is 16.6. The summed E-state index contributed by atoms with van der Waals surface area (Å²) in [5, 5.41) is 3.98. The van der Waals surface area contributed by atoms with E-state index < -0.39 is 11.9 Å². The summed E-state index contributed by atoms with van der Waals surface area (Å²) in [7, 11) is 1.47. The molecule has 0 atom stereocenters. The molecule has 1 N–H and O–H groups in total. The number of ether oxygens (including phenoxy) is 4. The zero-order chi connectivity index (χ0) is 28.9. The Labute approximate surface area is 239 Å². The molecular weight excluding hydrogens is 520 g/mol. The number of methoxy groups -OCH3 is 1. The minimum Gasteiger partial charge on any atom is -0.494 e. The van der Waals surface area contributed by atoms with Crippen LogP contribution in [-0.4, -0.2) is 38.4 Å². The van der Waals surface area contributed by atoms with Crippen LogP contribution in [-0.2, 0) is 4.79 Å². The minimum atomic E-state index is -0.521. The maximum atomic E-state index is 12.6. The number of carbonyl (C=O) groups is 2. The fourth-order valence-corrected chi connectivity index (χ4v) is 3.76. The molecule has 0 bridgehead atoms. The van der Waals surface area contributed by atoms with Crippen LogP contribution in [0, 0.1) is 0 Å². The predicted octanol–water partition coefficient (Wildman–Crippen LogP) is 6.29. The number of carbonyl (C=O) groups excluding carboxylic acids is 2. The lowest BCUT2D eigenvalue weighted by Crippen LogP contribution is -2.24. The number of amides is 1. The van der Waals surface area contributed by atoms with Crippen molar-refractivity contribution in [3.05, 3.63) is 108 Å². The van der Waals surface area contributed by atoms with E-state index in [0.29, 0.717) is 35.0 Å². The lowest BCUT2D eigenvalue weighted by Gasteiger charge is -2.10. The number of unbranched alkanes of at least 4 members (excludes halogenated alkanes) is 1. The van der Waals surface area contributed by atoms with E-state index in [0.717, 1.165) is 24.0 Å². The van der Waals surface area contributed by atoms with Gasteiger partial charge >= 0.3 is 5.97 Å². The molecule has 1 amide bonds. The highest BCUT2D eigenvalue weighted by Gasteiger charge is 2.13. The number of hydrogen-bond donors (Lipinski definition) is 1. The molecule has 0 aromatic heterocycles. The maximum absolute atomic E-state index is 12.6. The topological polar surface area (TPSA) is 95.5 Å². The van der Waals surface area contributed by atoms with E-state index in [-0.39, 0.29) is 12.4 Å². The molecule has 0 fully saturated rings. The molecule has 0 heterocycles. The van der Waals surface area contributed by atoms with Gasteiger partial charge in [0, 0.05) is 0 Å². The van der Waals surface area contributed by atoms with Gasteiger partial charge in [-0.1, -0.05) is 55.8 Å². The molecule has 0 saturated carbocycles. The van der Waals surface area contributed by atoms with Gasteiger partial charge in [-0.25, -0.2) is 10.2 Å². The van der Waals surface area contributed by atoms with Gasteiger partial charge in [0.15, 0.2) is 18.1 Å². The van der Waals surface area contributed by atoms with E-state index >= 15 is 0 Å². The van der Waals surface area contributed by atoms with Crippen LogP contribution in [0.3, 0.4) is 0 Å². The van der Waals surface area contributed by atoms with Crippen molar-refractivity contribution in [3.63, 3.8) is 0 Å². The quantitative estimate of drug-likeness (QED) is 0.0689. The number of benzene rings is 4. The van der Waals surface area contributed by atoms with Gasteiger partial charge in [0.25, 0.3) is 5.91 Å².